The summed E-state index contributed by atoms with van der Waals surface area (Å²) < 4.78 is 12.3. The molecular weight excluding hydrogens is 391 g/mol. The molecule has 136 valence electrons. The maximum absolute atomic E-state index is 12.0. The predicted octanol–water partition coefficient (Wildman–Crippen LogP) is 5.22. The van der Waals surface area contributed by atoms with E-state index in [4.69, 9.17) is 9.05 Å². The predicted molar refractivity (Wildman–Crippen MR) is 104 cm³/mol. The van der Waals surface area contributed by atoms with Crippen molar-refractivity contribution in [1.82, 2.24) is 5.09 Å². The lowest BCUT2D eigenvalue weighted by molar-refractivity contribution is -0.116. The second-order valence-corrected chi connectivity index (χ2v) is 8.07. The van der Waals surface area contributed by atoms with Crippen LogP contribution in [0.15, 0.2) is 28.7 Å². The quantitative estimate of drug-likeness (QED) is 0.381. The van der Waals surface area contributed by atoms with Crippen molar-refractivity contribution < 1.29 is 13.8 Å². The fraction of sp³-hybridized carbons (Fsp3) is 0.588. The van der Waals surface area contributed by atoms with Crippen LogP contribution in [0.5, 0.6) is 0 Å². The number of halogens is 1. The number of rotatable bonds is 11. The molecule has 24 heavy (non-hydrogen) atoms. The summed E-state index contributed by atoms with van der Waals surface area (Å²) in [5.74, 6) is 0.0287. The van der Waals surface area contributed by atoms with Crippen molar-refractivity contribution in [3.05, 3.63) is 28.7 Å². The molecule has 0 bridgehead atoms. The third-order valence-corrected chi connectivity index (χ3v) is 5.23. The van der Waals surface area contributed by atoms with Crippen molar-refractivity contribution in [3.63, 3.8) is 0 Å². The number of amides is 1. The van der Waals surface area contributed by atoms with Crippen molar-refractivity contribution in [2.24, 2.45) is 0 Å². The average molecular weight is 419 g/mol. The number of unbranched alkanes of at least 4 members (excludes halogenated alkanes) is 1. The number of benzene rings is 1. The Hall–Kier alpha value is -0.520. The summed E-state index contributed by atoms with van der Waals surface area (Å²) in [6, 6.07) is 7.60. The van der Waals surface area contributed by atoms with Crippen LogP contribution in [0, 0.1) is 0 Å². The van der Waals surface area contributed by atoms with Gasteiger partial charge in [0.25, 0.3) is 8.53 Å². The van der Waals surface area contributed by atoms with E-state index in [0.29, 0.717) is 6.42 Å². The van der Waals surface area contributed by atoms with Crippen molar-refractivity contribution in [3.8, 4) is 0 Å². The Morgan fingerprint density at radius 3 is 2.33 bits per heavy atom. The van der Waals surface area contributed by atoms with Crippen LogP contribution in [-0.2, 0) is 13.8 Å². The van der Waals surface area contributed by atoms with Crippen LogP contribution < -0.4 is 10.4 Å². The number of carbonyl (C=O) groups is 1. The molecule has 0 atom stereocenters. The molecular formula is C17H28BrN2O3P. The van der Waals surface area contributed by atoms with Gasteiger partial charge in [-0.1, -0.05) is 12.1 Å². The van der Waals surface area contributed by atoms with Gasteiger partial charge in [0.1, 0.15) is 0 Å². The molecule has 0 spiro atoms. The molecule has 1 aromatic rings. The van der Waals surface area contributed by atoms with E-state index >= 15 is 0 Å². The SMILES string of the molecule is CC(C)OP(NCCCCC(=O)Nc1ccccc1Br)OC(C)C. The number of para-hydroxylation sites is 1. The Morgan fingerprint density at radius 2 is 1.75 bits per heavy atom. The molecule has 0 unspecified atom stereocenters. The molecule has 5 nitrogen and oxygen atoms in total. The molecule has 0 aliphatic carbocycles. The first-order valence-corrected chi connectivity index (χ1v) is 10.3. The standard InChI is InChI=1S/C17H28BrN2O3P/c1-13(2)22-24(23-14(3)4)19-12-8-7-11-17(21)20-16-10-6-5-9-15(16)18/h5-6,9-10,13-14,19H,7-8,11-12H2,1-4H3,(H,20,21). The summed E-state index contributed by atoms with van der Waals surface area (Å²) in [5.41, 5.74) is 0.805. The first-order valence-electron chi connectivity index (χ1n) is 8.30. The van der Waals surface area contributed by atoms with Crippen molar-refractivity contribution >= 4 is 36.1 Å². The highest BCUT2D eigenvalue weighted by molar-refractivity contribution is 9.10. The second-order valence-electron chi connectivity index (χ2n) is 5.96. The third kappa shape index (κ3) is 9.70. The third-order valence-electron chi connectivity index (χ3n) is 2.83. The summed E-state index contributed by atoms with van der Waals surface area (Å²) in [4.78, 5) is 12.0. The Morgan fingerprint density at radius 1 is 1.12 bits per heavy atom. The summed E-state index contributed by atoms with van der Waals surface area (Å²) in [6.45, 7) is 8.74. The molecule has 2 N–H and O–H groups in total. The van der Waals surface area contributed by atoms with E-state index in [9.17, 15) is 4.79 Å². The van der Waals surface area contributed by atoms with Gasteiger partial charge in [0, 0.05) is 17.4 Å². The smallest absolute Gasteiger partial charge is 0.256 e. The van der Waals surface area contributed by atoms with Crippen molar-refractivity contribution in [2.75, 3.05) is 11.9 Å². The molecule has 0 heterocycles. The highest BCUT2D eigenvalue weighted by Crippen LogP contribution is 2.36. The Kier molecular flexibility index (Phi) is 10.7. The summed E-state index contributed by atoms with van der Waals surface area (Å²) in [5, 5.41) is 6.21. The zero-order chi connectivity index (χ0) is 17.9. The number of carbonyl (C=O) groups excluding carboxylic acids is 1. The minimum Gasteiger partial charge on any atom is -0.325 e. The summed E-state index contributed by atoms with van der Waals surface area (Å²) in [6.07, 6.45) is 2.45. The Labute approximate surface area is 155 Å². The van der Waals surface area contributed by atoms with Gasteiger partial charge in [0.15, 0.2) is 0 Å². The molecule has 0 aliphatic heterocycles. The van der Waals surface area contributed by atoms with Gasteiger partial charge in [-0.15, -0.1) is 0 Å². The van der Waals surface area contributed by atoms with Gasteiger partial charge in [-0.3, -0.25) is 9.88 Å². The maximum atomic E-state index is 12.0. The highest BCUT2D eigenvalue weighted by atomic mass is 79.9. The van der Waals surface area contributed by atoms with Crippen LogP contribution in [0.2, 0.25) is 0 Å². The Balaban J connectivity index is 2.22. The molecule has 0 aromatic heterocycles. The monoisotopic (exact) mass is 418 g/mol. The van der Waals surface area contributed by atoms with Crippen LogP contribution in [0.4, 0.5) is 5.69 Å². The van der Waals surface area contributed by atoms with Crippen LogP contribution in [0.3, 0.4) is 0 Å². The second kappa shape index (κ2) is 11.9. The lowest BCUT2D eigenvalue weighted by atomic mass is 10.2. The van der Waals surface area contributed by atoms with Gasteiger partial charge in [-0.2, -0.15) is 0 Å². The molecule has 0 saturated heterocycles. The largest absolute Gasteiger partial charge is 0.325 e. The van der Waals surface area contributed by atoms with Gasteiger partial charge in [0.2, 0.25) is 5.91 Å². The molecule has 0 saturated carbocycles. The molecule has 1 rings (SSSR count). The van der Waals surface area contributed by atoms with Crippen molar-refractivity contribution in [1.29, 1.82) is 0 Å². The minimum absolute atomic E-state index is 0.0287. The lowest BCUT2D eigenvalue weighted by Gasteiger charge is -2.22. The van der Waals surface area contributed by atoms with E-state index in [2.05, 4.69) is 26.3 Å². The van der Waals surface area contributed by atoms with E-state index < -0.39 is 8.53 Å². The van der Waals surface area contributed by atoms with Gasteiger partial charge in [-0.05, 0) is 68.6 Å². The molecule has 1 aromatic carbocycles. The fourth-order valence-electron chi connectivity index (χ4n) is 1.84. The average Bonchev–Trinajstić information content (AvgIpc) is 2.48. The van der Waals surface area contributed by atoms with Crippen LogP contribution in [0.25, 0.3) is 0 Å². The van der Waals surface area contributed by atoms with Crippen LogP contribution in [-0.4, -0.2) is 24.7 Å². The van der Waals surface area contributed by atoms with E-state index in [1.54, 1.807) is 0 Å². The van der Waals surface area contributed by atoms with Gasteiger partial charge in [0.05, 0.1) is 17.9 Å². The van der Waals surface area contributed by atoms with Crippen LogP contribution >= 0.6 is 24.5 Å². The summed E-state index contributed by atoms with van der Waals surface area (Å²) in [7, 11) is -1.07. The normalized spacial score (nSPS) is 11.5. The van der Waals surface area contributed by atoms with Crippen LogP contribution in [0.1, 0.15) is 47.0 Å². The Bertz CT molecular complexity index is 490. The topological polar surface area (TPSA) is 59.6 Å². The van der Waals surface area contributed by atoms with E-state index in [1.807, 2.05) is 52.0 Å². The molecule has 0 radical (unpaired) electrons. The lowest BCUT2D eigenvalue weighted by Crippen LogP contribution is -2.18. The van der Waals surface area contributed by atoms with E-state index in [0.717, 1.165) is 29.5 Å². The molecule has 7 heteroatoms. The maximum Gasteiger partial charge on any atom is 0.256 e. The molecule has 0 aliphatic rings. The number of anilines is 1. The van der Waals surface area contributed by atoms with Gasteiger partial charge >= 0.3 is 0 Å². The fourth-order valence-corrected chi connectivity index (χ4v) is 3.53. The zero-order valence-electron chi connectivity index (χ0n) is 14.8. The van der Waals surface area contributed by atoms with E-state index in [-0.39, 0.29) is 18.1 Å². The number of nitrogens with one attached hydrogen (secondary N) is 2. The minimum atomic E-state index is -1.07. The van der Waals surface area contributed by atoms with Crippen molar-refractivity contribution in [2.45, 2.75) is 59.2 Å². The van der Waals surface area contributed by atoms with Gasteiger partial charge < -0.3 is 14.4 Å². The molecule has 1 amide bonds. The zero-order valence-corrected chi connectivity index (χ0v) is 17.3. The first kappa shape index (κ1) is 21.5. The summed E-state index contributed by atoms with van der Waals surface area (Å²) >= 11 is 3.42. The number of hydrogen-bond acceptors (Lipinski definition) is 4. The highest BCUT2D eigenvalue weighted by Gasteiger charge is 2.14. The molecule has 0 fully saturated rings. The van der Waals surface area contributed by atoms with E-state index in [1.165, 1.54) is 0 Å². The number of hydrogen-bond donors (Lipinski definition) is 2. The van der Waals surface area contributed by atoms with Gasteiger partial charge in [-0.25, -0.2) is 0 Å². The first-order chi connectivity index (χ1) is 11.4.